The summed E-state index contributed by atoms with van der Waals surface area (Å²) in [6, 6.07) is 8.53. The van der Waals surface area contributed by atoms with E-state index in [9.17, 15) is 9.59 Å². The molecule has 66 valence electrons. The molecule has 4 heteroatoms. The van der Waals surface area contributed by atoms with Gasteiger partial charge in [0.05, 0.1) is 0 Å². The van der Waals surface area contributed by atoms with Crippen molar-refractivity contribution >= 4 is 11.9 Å². The first kappa shape index (κ1) is 7.79. The lowest BCUT2D eigenvalue weighted by atomic mass is 10.1. The molecule has 0 aliphatic carbocycles. The number of carbonyl (C=O) groups is 2. The zero-order chi connectivity index (χ0) is 9.26. The van der Waals surface area contributed by atoms with Gasteiger partial charge in [0.15, 0.2) is 0 Å². The SMILES string of the molecule is O=C1OC(C(=O)c2ccccc2)O1. The summed E-state index contributed by atoms with van der Waals surface area (Å²) in [6.45, 7) is 0. The molecule has 2 rings (SSSR count). The van der Waals surface area contributed by atoms with Crippen molar-refractivity contribution in [3.8, 4) is 0 Å². The van der Waals surface area contributed by atoms with Crippen molar-refractivity contribution in [2.45, 2.75) is 6.29 Å². The molecule has 0 saturated carbocycles. The maximum Gasteiger partial charge on any atom is 0.515 e. The largest absolute Gasteiger partial charge is 0.515 e. The zero-order valence-corrected chi connectivity index (χ0v) is 6.60. The number of Topliss-reactive ketones (excluding diaryl/α,β-unsaturated/α-hetero) is 1. The van der Waals surface area contributed by atoms with Crippen LogP contribution in [0.1, 0.15) is 10.4 Å². The second-order valence-electron chi connectivity index (χ2n) is 2.55. The minimum absolute atomic E-state index is 0.333. The van der Waals surface area contributed by atoms with E-state index in [0.29, 0.717) is 5.56 Å². The van der Waals surface area contributed by atoms with E-state index < -0.39 is 12.4 Å². The van der Waals surface area contributed by atoms with Gasteiger partial charge in [-0.05, 0) is 0 Å². The summed E-state index contributed by atoms with van der Waals surface area (Å²) in [5.74, 6) is -0.333. The highest BCUT2D eigenvalue weighted by atomic mass is 16.9. The average molecular weight is 178 g/mol. The molecule has 0 radical (unpaired) electrons. The summed E-state index contributed by atoms with van der Waals surface area (Å²) in [5.41, 5.74) is 0.472. The van der Waals surface area contributed by atoms with Gasteiger partial charge in [0.1, 0.15) is 0 Å². The molecule has 0 N–H and O–H groups in total. The molecule has 0 unspecified atom stereocenters. The van der Waals surface area contributed by atoms with Gasteiger partial charge in [0.2, 0.25) is 5.78 Å². The van der Waals surface area contributed by atoms with Gasteiger partial charge in [-0.15, -0.1) is 0 Å². The molecule has 1 aromatic rings. The Morgan fingerprint density at radius 2 is 1.77 bits per heavy atom. The van der Waals surface area contributed by atoms with E-state index in [1.54, 1.807) is 30.3 Å². The third-order valence-corrected chi connectivity index (χ3v) is 1.68. The van der Waals surface area contributed by atoms with E-state index in [-0.39, 0.29) is 5.78 Å². The third kappa shape index (κ3) is 1.38. The van der Waals surface area contributed by atoms with Crippen LogP contribution in [-0.4, -0.2) is 18.2 Å². The predicted molar refractivity (Wildman–Crippen MR) is 42.1 cm³/mol. The number of hydrogen-bond donors (Lipinski definition) is 0. The molecule has 1 saturated heterocycles. The highest BCUT2D eigenvalue weighted by Gasteiger charge is 2.37. The second-order valence-corrected chi connectivity index (χ2v) is 2.55. The molecule has 1 aliphatic rings. The molecule has 0 aromatic heterocycles. The minimum atomic E-state index is -1.05. The first-order chi connectivity index (χ1) is 6.27. The molecule has 1 fully saturated rings. The molecular weight excluding hydrogens is 172 g/mol. The fourth-order valence-electron chi connectivity index (χ4n) is 1.03. The van der Waals surface area contributed by atoms with Crippen LogP contribution in [0, 0.1) is 0 Å². The van der Waals surface area contributed by atoms with Crippen molar-refractivity contribution in [1.29, 1.82) is 0 Å². The van der Waals surface area contributed by atoms with Crippen LogP contribution in [0.3, 0.4) is 0 Å². The topological polar surface area (TPSA) is 52.6 Å². The Labute approximate surface area is 74.1 Å². The number of hydrogen-bond acceptors (Lipinski definition) is 4. The number of rotatable bonds is 2. The summed E-state index contributed by atoms with van der Waals surface area (Å²) in [4.78, 5) is 21.6. The van der Waals surface area contributed by atoms with Crippen LogP contribution >= 0.6 is 0 Å². The minimum Gasteiger partial charge on any atom is -0.385 e. The van der Waals surface area contributed by atoms with E-state index in [1.165, 1.54) is 0 Å². The van der Waals surface area contributed by atoms with Crippen LogP contribution in [-0.2, 0) is 9.47 Å². The lowest BCUT2D eigenvalue weighted by Gasteiger charge is -2.23. The summed E-state index contributed by atoms with van der Waals surface area (Å²) in [5, 5.41) is 0. The third-order valence-electron chi connectivity index (χ3n) is 1.68. The molecule has 0 atom stereocenters. The van der Waals surface area contributed by atoms with E-state index in [2.05, 4.69) is 9.47 Å². The molecule has 0 amide bonds. The molecule has 1 heterocycles. The highest BCUT2D eigenvalue weighted by Crippen LogP contribution is 2.15. The lowest BCUT2D eigenvalue weighted by Crippen LogP contribution is -2.41. The molecule has 13 heavy (non-hydrogen) atoms. The lowest BCUT2D eigenvalue weighted by molar-refractivity contribution is -0.154. The quantitative estimate of drug-likeness (QED) is 0.506. The van der Waals surface area contributed by atoms with Crippen molar-refractivity contribution in [2.75, 3.05) is 0 Å². The van der Waals surface area contributed by atoms with Gasteiger partial charge in [0.25, 0.3) is 0 Å². The van der Waals surface area contributed by atoms with Gasteiger partial charge in [-0.1, -0.05) is 30.3 Å². The van der Waals surface area contributed by atoms with E-state index in [1.807, 2.05) is 0 Å². The van der Waals surface area contributed by atoms with Gasteiger partial charge in [-0.2, -0.15) is 0 Å². The van der Waals surface area contributed by atoms with Crippen LogP contribution in [0.4, 0.5) is 4.79 Å². The Morgan fingerprint density at radius 3 is 2.31 bits per heavy atom. The molecule has 0 spiro atoms. The Morgan fingerprint density at radius 1 is 1.15 bits per heavy atom. The van der Waals surface area contributed by atoms with Gasteiger partial charge in [0, 0.05) is 5.56 Å². The van der Waals surface area contributed by atoms with Crippen LogP contribution < -0.4 is 0 Å². The first-order valence-corrected chi connectivity index (χ1v) is 3.74. The van der Waals surface area contributed by atoms with Crippen molar-refractivity contribution in [3.05, 3.63) is 35.9 Å². The van der Waals surface area contributed by atoms with Crippen molar-refractivity contribution in [1.82, 2.24) is 0 Å². The van der Waals surface area contributed by atoms with Gasteiger partial charge in [-0.3, -0.25) is 4.79 Å². The Kier molecular flexibility index (Phi) is 1.73. The summed E-state index contributed by atoms with van der Waals surface area (Å²) in [7, 11) is 0. The van der Waals surface area contributed by atoms with Crippen molar-refractivity contribution < 1.29 is 19.1 Å². The normalized spacial score (nSPS) is 15.5. The van der Waals surface area contributed by atoms with Crippen LogP contribution in [0.2, 0.25) is 0 Å². The summed E-state index contributed by atoms with van der Waals surface area (Å²) in [6.07, 6.45) is -1.84. The molecule has 1 aromatic carbocycles. The van der Waals surface area contributed by atoms with E-state index in [4.69, 9.17) is 0 Å². The van der Waals surface area contributed by atoms with E-state index >= 15 is 0 Å². The number of carbonyl (C=O) groups excluding carboxylic acids is 2. The average Bonchev–Trinajstić information content (AvgIpc) is 2.13. The second kappa shape index (κ2) is 2.90. The van der Waals surface area contributed by atoms with E-state index in [0.717, 1.165) is 0 Å². The first-order valence-electron chi connectivity index (χ1n) is 3.74. The van der Waals surface area contributed by atoms with Crippen LogP contribution in [0.15, 0.2) is 30.3 Å². The van der Waals surface area contributed by atoms with Gasteiger partial charge >= 0.3 is 12.4 Å². The number of ketones is 1. The summed E-state index contributed by atoms with van der Waals surface area (Å²) < 4.78 is 8.89. The Balaban J connectivity index is 2.10. The highest BCUT2D eigenvalue weighted by molar-refractivity contribution is 6.01. The molecule has 1 aliphatic heterocycles. The van der Waals surface area contributed by atoms with Crippen molar-refractivity contribution in [2.24, 2.45) is 0 Å². The number of ether oxygens (including phenoxy) is 2. The monoisotopic (exact) mass is 178 g/mol. The van der Waals surface area contributed by atoms with Gasteiger partial charge in [-0.25, -0.2) is 4.79 Å². The van der Waals surface area contributed by atoms with Crippen LogP contribution in [0.5, 0.6) is 0 Å². The zero-order valence-electron chi connectivity index (χ0n) is 6.60. The van der Waals surface area contributed by atoms with Crippen LogP contribution in [0.25, 0.3) is 0 Å². The smallest absolute Gasteiger partial charge is 0.385 e. The molecule has 0 bridgehead atoms. The maximum atomic E-state index is 11.4. The maximum absolute atomic E-state index is 11.4. The fraction of sp³-hybridized carbons (Fsp3) is 0.111. The Bertz CT molecular complexity index is 336. The van der Waals surface area contributed by atoms with Crippen molar-refractivity contribution in [3.63, 3.8) is 0 Å². The standard InChI is InChI=1S/C9H6O4/c10-7(8-12-9(11)13-8)6-4-2-1-3-5-6/h1-5,8H. The molecule has 4 nitrogen and oxygen atoms in total. The Hall–Kier alpha value is -1.84. The number of cyclic esters (lactones) is 2. The number of benzene rings is 1. The predicted octanol–water partition coefficient (Wildman–Crippen LogP) is 1.36. The fourth-order valence-corrected chi connectivity index (χ4v) is 1.03. The molecular formula is C9H6O4. The summed E-state index contributed by atoms with van der Waals surface area (Å²) >= 11 is 0. The van der Waals surface area contributed by atoms with Gasteiger partial charge < -0.3 is 9.47 Å².